The van der Waals surface area contributed by atoms with Gasteiger partial charge in [0.25, 0.3) is 0 Å². The van der Waals surface area contributed by atoms with Gasteiger partial charge in [0.15, 0.2) is 0 Å². The highest BCUT2D eigenvalue weighted by molar-refractivity contribution is 5.36. The Labute approximate surface area is 155 Å². The number of unbranched alkanes of at least 4 members (excludes halogenated alkanes) is 1. The van der Waals surface area contributed by atoms with Crippen molar-refractivity contribution >= 4 is 0 Å². The average Bonchev–Trinajstić information content (AvgIpc) is 2.89. The second kappa shape index (κ2) is 7.14. The Morgan fingerprint density at radius 3 is 2.85 bits per heavy atom. The summed E-state index contributed by atoms with van der Waals surface area (Å²) < 4.78 is 0. The van der Waals surface area contributed by atoms with Crippen LogP contribution in [-0.2, 0) is 13.0 Å². The molecule has 0 bridgehead atoms. The highest BCUT2D eigenvalue weighted by Gasteiger charge is 2.70. The number of aliphatic hydroxyl groups is 2. The number of benzene rings is 1. The van der Waals surface area contributed by atoms with Crippen molar-refractivity contribution in [1.29, 1.82) is 0 Å². The number of β-amino-alcohol motifs (C(OH)–C–C–N with tert-alkyl or cyclic N) is 1. The van der Waals surface area contributed by atoms with Crippen LogP contribution in [0.4, 0.5) is 0 Å². The van der Waals surface area contributed by atoms with Crippen molar-refractivity contribution in [2.45, 2.75) is 44.8 Å². The molecule has 1 aromatic carbocycles. The lowest BCUT2D eigenvalue weighted by molar-refractivity contribution is 0.111. The Kier molecular flexibility index (Phi) is 4.86. The lowest BCUT2D eigenvalue weighted by Crippen LogP contribution is -2.23. The van der Waals surface area contributed by atoms with Gasteiger partial charge in [-0.2, -0.15) is 0 Å². The molecule has 1 aromatic heterocycles. The summed E-state index contributed by atoms with van der Waals surface area (Å²) in [6.07, 6.45) is 4.84. The van der Waals surface area contributed by atoms with E-state index in [1.165, 1.54) is 12.0 Å². The highest BCUT2D eigenvalue weighted by Crippen LogP contribution is 2.68. The van der Waals surface area contributed by atoms with E-state index in [-0.39, 0.29) is 23.9 Å². The molecular formula is C21H29N3O2. The molecule has 2 aliphatic rings. The molecule has 2 heterocycles. The van der Waals surface area contributed by atoms with Crippen LogP contribution in [0.5, 0.6) is 0 Å². The van der Waals surface area contributed by atoms with Gasteiger partial charge in [-0.05, 0) is 23.8 Å². The summed E-state index contributed by atoms with van der Waals surface area (Å²) in [6, 6.07) is 10.3. The van der Waals surface area contributed by atoms with E-state index in [0.29, 0.717) is 6.54 Å². The summed E-state index contributed by atoms with van der Waals surface area (Å²) >= 11 is 0. The van der Waals surface area contributed by atoms with E-state index in [1.807, 2.05) is 24.4 Å². The number of nitrogens with zero attached hydrogens (tertiary/aromatic N) is 2. The fraction of sp³-hybridized carbons (Fsp3) is 0.571. The molecule has 26 heavy (non-hydrogen) atoms. The van der Waals surface area contributed by atoms with E-state index in [9.17, 15) is 10.2 Å². The molecule has 1 saturated carbocycles. The van der Waals surface area contributed by atoms with Crippen LogP contribution in [0.2, 0.25) is 0 Å². The number of aliphatic hydroxyl groups excluding tert-OH is 2. The van der Waals surface area contributed by atoms with Crippen LogP contribution in [0.1, 0.15) is 42.8 Å². The molecule has 0 unspecified atom stereocenters. The van der Waals surface area contributed by atoms with Gasteiger partial charge in [-0.15, -0.1) is 0 Å². The molecule has 1 aliphatic carbocycles. The van der Waals surface area contributed by atoms with Crippen LogP contribution < -0.4 is 0 Å². The number of H-pyrrole nitrogens is 1. The van der Waals surface area contributed by atoms with E-state index in [2.05, 4.69) is 33.9 Å². The normalized spacial score (nSPS) is 31.0. The van der Waals surface area contributed by atoms with Gasteiger partial charge in [0.2, 0.25) is 0 Å². The molecule has 4 atom stereocenters. The minimum atomic E-state index is -0.396. The van der Waals surface area contributed by atoms with Crippen molar-refractivity contribution in [3.63, 3.8) is 0 Å². The van der Waals surface area contributed by atoms with Crippen molar-refractivity contribution in [3.8, 4) is 0 Å². The minimum Gasteiger partial charge on any atom is -0.396 e. The lowest BCUT2D eigenvalue weighted by atomic mass is 9.95. The third kappa shape index (κ3) is 2.98. The summed E-state index contributed by atoms with van der Waals surface area (Å²) in [7, 11) is 0. The quantitative estimate of drug-likeness (QED) is 0.713. The summed E-state index contributed by atoms with van der Waals surface area (Å²) in [4.78, 5) is 10.2. The number of hydrogen-bond donors (Lipinski definition) is 3. The molecule has 1 saturated heterocycles. The van der Waals surface area contributed by atoms with Gasteiger partial charge in [0.05, 0.1) is 6.10 Å². The van der Waals surface area contributed by atoms with E-state index < -0.39 is 6.10 Å². The van der Waals surface area contributed by atoms with Crippen molar-refractivity contribution < 1.29 is 10.2 Å². The summed E-state index contributed by atoms with van der Waals surface area (Å²) in [5, 5.41) is 20.7. The molecule has 1 aliphatic heterocycles. The van der Waals surface area contributed by atoms with Gasteiger partial charge in [-0.25, -0.2) is 4.98 Å². The van der Waals surface area contributed by atoms with E-state index in [0.717, 1.165) is 37.4 Å². The zero-order chi connectivity index (χ0) is 18.1. The van der Waals surface area contributed by atoms with E-state index >= 15 is 0 Å². The molecule has 5 nitrogen and oxygen atoms in total. The fourth-order valence-corrected chi connectivity index (χ4v) is 4.98. The number of aryl methyl sites for hydroxylation is 1. The summed E-state index contributed by atoms with van der Waals surface area (Å²) in [5.74, 6) is 1.44. The lowest BCUT2D eigenvalue weighted by Gasteiger charge is -2.15. The number of likely N-dealkylation sites (tertiary alicyclic amines) is 1. The van der Waals surface area contributed by atoms with Gasteiger partial charge in [-0.1, -0.05) is 43.7 Å². The van der Waals surface area contributed by atoms with Crippen LogP contribution in [-0.4, -0.2) is 50.9 Å². The second-order valence-electron chi connectivity index (χ2n) is 7.93. The van der Waals surface area contributed by atoms with E-state index in [4.69, 9.17) is 0 Å². The van der Waals surface area contributed by atoms with Crippen LogP contribution in [0.3, 0.4) is 0 Å². The van der Waals surface area contributed by atoms with E-state index in [1.54, 1.807) is 0 Å². The number of hydrogen-bond acceptors (Lipinski definition) is 4. The first kappa shape index (κ1) is 17.7. The number of rotatable bonds is 7. The van der Waals surface area contributed by atoms with Crippen LogP contribution >= 0.6 is 0 Å². The van der Waals surface area contributed by atoms with Crippen molar-refractivity contribution in [2.75, 3.05) is 19.7 Å². The van der Waals surface area contributed by atoms with Gasteiger partial charge >= 0.3 is 0 Å². The van der Waals surface area contributed by atoms with Crippen molar-refractivity contribution in [2.24, 2.45) is 11.3 Å². The zero-order valence-corrected chi connectivity index (χ0v) is 15.4. The summed E-state index contributed by atoms with van der Waals surface area (Å²) in [5.41, 5.74) is 2.13. The monoisotopic (exact) mass is 355 g/mol. The van der Waals surface area contributed by atoms with Crippen molar-refractivity contribution in [3.05, 3.63) is 53.6 Å². The molecule has 2 aromatic rings. The predicted octanol–water partition coefficient (Wildman–Crippen LogP) is 2.32. The largest absolute Gasteiger partial charge is 0.396 e. The predicted molar refractivity (Wildman–Crippen MR) is 101 cm³/mol. The molecule has 2 fully saturated rings. The number of aromatic amines is 1. The highest BCUT2D eigenvalue weighted by atomic mass is 16.3. The maximum Gasteiger partial charge on any atom is 0.106 e. The van der Waals surface area contributed by atoms with Gasteiger partial charge in [0, 0.05) is 50.0 Å². The standard InChI is InChI=1S/C21H29N3O2/c1-2-3-9-19-22-10-16(23-19)11-24-12-18(26)21(14-24)17(13-25)20(21)15-7-5-4-6-8-15/h4-8,10,17-18,20,25-26H,2-3,9,11-14H2,1H3,(H,22,23)/t17-,18-,20-,21-/m1/s1. The maximum absolute atomic E-state index is 10.8. The molecule has 5 heteroatoms. The van der Waals surface area contributed by atoms with Crippen LogP contribution in [0, 0.1) is 11.3 Å². The number of nitrogens with one attached hydrogen (secondary N) is 1. The molecular weight excluding hydrogens is 326 g/mol. The molecule has 4 rings (SSSR count). The Balaban J connectivity index is 1.45. The minimum absolute atomic E-state index is 0.135. The topological polar surface area (TPSA) is 72.4 Å². The Hall–Kier alpha value is -1.69. The number of aromatic nitrogens is 2. The maximum atomic E-state index is 10.8. The molecule has 0 radical (unpaired) electrons. The van der Waals surface area contributed by atoms with Crippen LogP contribution in [0.15, 0.2) is 36.5 Å². The van der Waals surface area contributed by atoms with Crippen LogP contribution in [0.25, 0.3) is 0 Å². The second-order valence-corrected chi connectivity index (χ2v) is 7.93. The number of imidazole rings is 1. The Morgan fingerprint density at radius 2 is 2.12 bits per heavy atom. The third-order valence-electron chi connectivity index (χ3n) is 6.31. The summed E-state index contributed by atoms with van der Waals surface area (Å²) in [6.45, 7) is 4.57. The first-order valence-electron chi connectivity index (χ1n) is 9.78. The first-order valence-corrected chi connectivity index (χ1v) is 9.78. The molecule has 0 amide bonds. The van der Waals surface area contributed by atoms with Gasteiger partial charge in [-0.3, -0.25) is 4.90 Å². The molecule has 1 spiro atoms. The smallest absolute Gasteiger partial charge is 0.106 e. The van der Waals surface area contributed by atoms with Gasteiger partial charge < -0.3 is 15.2 Å². The Bertz CT molecular complexity index is 732. The zero-order valence-electron chi connectivity index (χ0n) is 15.4. The SMILES string of the molecule is CCCCc1ncc(CN2C[C@@H](O)[C@@]3(C2)[C@H](CO)[C@H]3c2ccccc2)[nH]1. The average molecular weight is 355 g/mol. The molecule has 140 valence electrons. The molecule has 3 N–H and O–H groups in total. The third-order valence-corrected chi connectivity index (χ3v) is 6.31. The van der Waals surface area contributed by atoms with Crippen molar-refractivity contribution in [1.82, 2.24) is 14.9 Å². The Morgan fingerprint density at radius 1 is 1.31 bits per heavy atom. The fourth-order valence-electron chi connectivity index (χ4n) is 4.98. The van der Waals surface area contributed by atoms with Gasteiger partial charge in [0.1, 0.15) is 5.82 Å². The first-order chi connectivity index (χ1) is 12.7.